The Kier molecular flexibility index (Phi) is 5.67. The first-order valence-corrected chi connectivity index (χ1v) is 11.2. The lowest BCUT2D eigenvalue weighted by molar-refractivity contribution is -0.113. The maximum absolute atomic E-state index is 13.8. The molecule has 7 heteroatoms. The summed E-state index contributed by atoms with van der Waals surface area (Å²) in [7, 11) is 1.59. The summed E-state index contributed by atoms with van der Waals surface area (Å²) in [5.41, 5.74) is 4.58. The molecule has 2 N–H and O–H groups in total. The molecule has 172 valence electrons. The second kappa shape index (κ2) is 8.94. The number of aromatic nitrogens is 2. The van der Waals surface area contributed by atoms with Gasteiger partial charge in [-0.15, -0.1) is 0 Å². The van der Waals surface area contributed by atoms with Crippen molar-refractivity contribution in [2.75, 3.05) is 24.4 Å². The Morgan fingerprint density at radius 3 is 2.53 bits per heavy atom. The quantitative estimate of drug-likeness (QED) is 0.410. The molecule has 0 fully saturated rings. The van der Waals surface area contributed by atoms with Crippen LogP contribution in [0.4, 0.5) is 11.6 Å². The molecule has 3 aromatic carbocycles. The number of imidazole rings is 1. The highest BCUT2D eigenvalue weighted by Crippen LogP contribution is 2.42. The van der Waals surface area contributed by atoms with Crippen molar-refractivity contribution < 1.29 is 14.3 Å². The number of benzene rings is 3. The summed E-state index contributed by atoms with van der Waals surface area (Å²) in [6, 6.07) is 22.7. The topological polar surface area (TPSA) is 77.4 Å². The van der Waals surface area contributed by atoms with Gasteiger partial charge in [0.25, 0.3) is 5.91 Å². The van der Waals surface area contributed by atoms with Crippen LogP contribution in [0.1, 0.15) is 25.5 Å². The van der Waals surface area contributed by atoms with E-state index in [1.165, 1.54) is 0 Å². The van der Waals surface area contributed by atoms with E-state index in [4.69, 9.17) is 14.5 Å². The Hall–Kier alpha value is -4.26. The zero-order chi connectivity index (χ0) is 23.7. The second-order valence-electron chi connectivity index (χ2n) is 7.99. The number of amides is 1. The largest absolute Gasteiger partial charge is 0.495 e. The van der Waals surface area contributed by atoms with Crippen molar-refractivity contribution in [1.82, 2.24) is 9.55 Å². The van der Waals surface area contributed by atoms with Crippen LogP contribution < -0.4 is 20.1 Å². The number of carbonyl (C=O) groups is 1. The highest BCUT2D eigenvalue weighted by atomic mass is 16.5. The smallest absolute Gasteiger partial charge is 0.255 e. The van der Waals surface area contributed by atoms with Crippen LogP contribution in [0.15, 0.2) is 84.1 Å². The van der Waals surface area contributed by atoms with Gasteiger partial charge in [-0.2, -0.15) is 0 Å². The lowest BCUT2D eigenvalue weighted by atomic mass is 9.93. The maximum Gasteiger partial charge on any atom is 0.255 e. The van der Waals surface area contributed by atoms with Crippen LogP contribution in [-0.2, 0) is 4.79 Å². The zero-order valence-electron chi connectivity index (χ0n) is 19.3. The molecule has 0 saturated carbocycles. The number of hydrogen-bond donors (Lipinski definition) is 2. The fraction of sp³-hybridized carbons (Fsp3) is 0.185. The molecule has 0 unspecified atom stereocenters. The molecule has 0 bridgehead atoms. The Morgan fingerprint density at radius 2 is 1.74 bits per heavy atom. The van der Waals surface area contributed by atoms with Crippen LogP contribution in [0.3, 0.4) is 0 Å². The molecule has 0 aliphatic carbocycles. The third-order valence-electron chi connectivity index (χ3n) is 5.94. The Morgan fingerprint density at radius 1 is 1.03 bits per heavy atom. The van der Waals surface area contributed by atoms with E-state index >= 15 is 0 Å². The first-order chi connectivity index (χ1) is 16.6. The van der Waals surface area contributed by atoms with Gasteiger partial charge in [-0.05, 0) is 44.2 Å². The molecule has 4 aromatic rings. The first kappa shape index (κ1) is 21.6. The van der Waals surface area contributed by atoms with Crippen LogP contribution in [-0.4, -0.2) is 29.2 Å². The maximum atomic E-state index is 13.8. The molecule has 1 amide bonds. The summed E-state index contributed by atoms with van der Waals surface area (Å²) < 4.78 is 13.5. The molecule has 0 radical (unpaired) electrons. The molecule has 2 heterocycles. The average molecular weight is 455 g/mol. The van der Waals surface area contributed by atoms with E-state index < -0.39 is 6.04 Å². The van der Waals surface area contributed by atoms with Crippen molar-refractivity contribution in [3.05, 3.63) is 89.6 Å². The van der Waals surface area contributed by atoms with E-state index in [-0.39, 0.29) is 5.91 Å². The molecular formula is C27H26N4O3. The number of anilines is 2. The van der Waals surface area contributed by atoms with Gasteiger partial charge in [-0.3, -0.25) is 9.36 Å². The lowest BCUT2D eigenvalue weighted by Gasteiger charge is -2.31. The predicted molar refractivity (Wildman–Crippen MR) is 133 cm³/mol. The minimum absolute atomic E-state index is 0.228. The summed E-state index contributed by atoms with van der Waals surface area (Å²) in [6.07, 6.45) is 0. The van der Waals surface area contributed by atoms with E-state index in [1.807, 2.05) is 86.6 Å². The fourth-order valence-electron chi connectivity index (χ4n) is 4.48. The molecule has 34 heavy (non-hydrogen) atoms. The van der Waals surface area contributed by atoms with Gasteiger partial charge in [0.1, 0.15) is 11.5 Å². The molecule has 0 spiro atoms. The van der Waals surface area contributed by atoms with Crippen molar-refractivity contribution in [3.8, 4) is 11.5 Å². The van der Waals surface area contributed by atoms with E-state index in [1.54, 1.807) is 7.11 Å². The number of hydrogen-bond acceptors (Lipinski definition) is 5. The highest BCUT2D eigenvalue weighted by molar-refractivity contribution is 6.07. The number of rotatable bonds is 6. The van der Waals surface area contributed by atoms with Crippen molar-refractivity contribution in [1.29, 1.82) is 0 Å². The number of nitrogens with zero attached hydrogens (tertiary/aromatic N) is 2. The molecule has 1 aromatic heterocycles. The summed E-state index contributed by atoms with van der Waals surface area (Å²) in [5, 5.41) is 6.39. The van der Waals surface area contributed by atoms with Gasteiger partial charge in [-0.25, -0.2) is 4.98 Å². The van der Waals surface area contributed by atoms with Gasteiger partial charge in [0.05, 0.1) is 42.1 Å². The van der Waals surface area contributed by atoms with Crippen LogP contribution in [0.5, 0.6) is 11.5 Å². The Labute approximate surface area is 198 Å². The first-order valence-electron chi connectivity index (χ1n) is 11.2. The number of ether oxygens (including phenoxy) is 2. The van der Waals surface area contributed by atoms with Crippen LogP contribution in [0.2, 0.25) is 0 Å². The number of nitrogens with one attached hydrogen (secondary N) is 2. The van der Waals surface area contributed by atoms with Crippen LogP contribution >= 0.6 is 0 Å². The number of para-hydroxylation sites is 5. The van der Waals surface area contributed by atoms with Crippen molar-refractivity contribution in [3.63, 3.8) is 0 Å². The van der Waals surface area contributed by atoms with Gasteiger partial charge in [0, 0.05) is 11.3 Å². The Balaban J connectivity index is 1.69. The minimum Gasteiger partial charge on any atom is -0.495 e. The Bertz CT molecular complexity index is 1410. The van der Waals surface area contributed by atoms with Gasteiger partial charge in [-0.1, -0.05) is 42.5 Å². The third-order valence-corrected chi connectivity index (χ3v) is 5.94. The number of allylic oxidation sites excluding steroid dienone is 1. The van der Waals surface area contributed by atoms with Crippen LogP contribution in [0.25, 0.3) is 11.0 Å². The molecule has 1 aliphatic rings. The minimum atomic E-state index is -0.443. The fourth-order valence-corrected chi connectivity index (χ4v) is 4.48. The van der Waals surface area contributed by atoms with Gasteiger partial charge in [0.2, 0.25) is 5.95 Å². The molecule has 0 saturated heterocycles. The van der Waals surface area contributed by atoms with E-state index in [2.05, 4.69) is 15.2 Å². The average Bonchev–Trinajstić information content (AvgIpc) is 3.22. The number of carbonyl (C=O) groups excluding carboxylic acids is 1. The SMILES string of the molecule is CCOc1ccccc1[C@H]1C(C(=O)Nc2ccccc2OC)=C(C)Nc2nc3ccccc3n21. The number of methoxy groups -OCH3 is 1. The van der Waals surface area contributed by atoms with Crippen molar-refractivity contribution >= 4 is 28.6 Å². The molecule has 7 nitrogen and oxygen atoms in total. The monoisotopic (exact) mass is 454 g/mol. The predicted octanol–water partition coefficient (Wildman–Crippen LogP) is 5.37. The summed E-state index contributed by atoms with van der Waals surface area (Å²) >= 11 is 0. The third kappa shape index (κ3) is 3.65. The summed E-state index contributed by atoms with van der Waals surface area (Å²) in [4.78, 5) is 18.6. The molecular weight excluding hydrogens is 428 g/mol. The zero-order valence-corrected chi connectivity index (χ0v) is 19.3. The lowest BCUT2D eigenvalue weighted by Crippen LogP contribution is -2.31. The van der Waals surface area contributed by atoms with E-state index in [0.29, 0.717) is 29.6 Å². The number of fused-ring (bicyclic) bond motifs is 3. The van der Waals surface area contributed by atoms with Gasteiger partial charge >= 0.3 is 0 Å². The van der Waals surface area contributed by atoms with Crippen LogP contribution in [0, 0.1) is 0 Å². The summed E-state index contributed by atoms with van der Waals surface area (Å²) in [6.45, 7) is 4.37. The van der Waals surface area contributed by atoms with Crippen molar-refractivity contribution in [2.24, 2.45) is 0 Å². The van der Waals surface area contributed by atoms with Crippen molar-refractivity contribution in [2.45, 2.75) is 19.9 Å². The highest BCUT2D eigenvalue weighted by Gasteiger charge is 2.35. The van der Waals surface area contributed by atoms with Gasteiger partial charge in [0.15, 0.2) is 0 Å². The van der Waals surface area contributed by atoms with E-state index in [0.717, 1.165) is 28.0 Å². The molecule has 1 atom stereocenters. The summed E-state index contributed by atoms with van der Waals surface area (Å²) in [5.74, 6) is 1.78. The molecule has 5 rings (SSSR count). The second-order valence-corrected chi connectivity index (χ2v) is 7.99. The normalized spacial score (nSPS) is 15.0. The van der Waals surface area contributed by atoms with Gasteiger partial charge < -0.3 is 20.1 Å². The molecule has 1 aliphatic heterocycles. The standard InChI is InChI=1S/C27H26N4O3/c1-4-34-22-15-9-5-11-18(22)25-24(26(32)29-20-13-7-10-16-23(20)33-3)17(2)28-27-30-19-12-6-8-14-21(19)31(25)27/h5-16,25H,4H2,1-3H3,(H,28,30)(H,29,32)/t25-/m0/s1. The van der Waals surface area contributed by atoms with E-state index in [9.17, 15) is 4.79 Å².